The van der Waals surface area contributed by atoms with Crippen molar-refractivity contribution in [1.29, 1.82) is 0 Å². The molecule has 0 radical (unpaired) electrons. The van der Waals surface area contributed by atoms with Crippen molar-refractivity contribution in [2.24, 2.45) is 5.92 Å². The minimum absolute atomic E-state index is 0.0783. The lowest BCUT2D eigenvalue weighted by molar-refractivity contribution is -0.149. The zero-order valence-electron chi connectivity index (χ0n) is 13.4. The van der Waals surface area contributed by atoms with Crippen LogP contribution >= 0.6 is 0 Å². The van der Waals surface area contributed by atoms with Crippen molar-refractivity contribution in [2.45, 2.75) is 56.8 Å². The monoisotopic (exact) mass is 330 g/mol. The van der Waals surface area contributed by atoms with Crippen LogP contribution in [0.15, 0.2) is 24.3 Å². The van der Waals surface area contributed by atoms with E-state index >= 15 is 0 Å². The summed E-state index contributed by atoms with van der Waals surface area (Å²) < 4.78 is 65.6. The second-order valence-corrected chi connectivity index (χ2v) is 7.32. The summed E-state index contributed by atoms with van der Waals surface area (Å²) in [6, 6.07) is 5.60. The molecular formula is C16H19BF4O2. The van der Waals surface area contributed by atoms with E-state index in [1.807, 2.05) is 0 Å². The van der Waals surface area contributed by atoms with Crippen molar-refractivity contribution in [3.8, 4) is 0 Å². The highest BCUT2D eigenvalue weighted by Gasteiger charge is 2.73. The van der Waals surface area contributed by atoms with Crippen molar-refractivity contribution < 1.29 is 26.9 Å². The van der Waals surface area contributed by atoms with E-state index in [2.05, 4.69) is 0 Å². The van der Waals surface area contributed by atoms with Gasteiger partial charge in [-0.15, -0.1) is 0 Å². The van der Waals surface area contributed by atoms with Gasteiger partial charge in [0.1, 0.15) is 5.82 Å². The lowest BCUT2D eigenvalue weighted by atomic mass is 9.78. The highest BCUT2D eigenvalue weighted by Crippen LogP contribution is 2.68. The van der Waals surface area contributed by atoms with Gasteiger partial charge in [0.2, 0.25) is 0 Å². The minimum Gasteiger partial charge on any atom is -0.403 e. The lowest BCUT2D eigenvalue weighted by Crippen LogP contribution is -2.41. The molecule has 1 saturated carbocycles. The fourth-order valence-electron chi connectivity index (χ4n) is 3.29. The van der Waals surface area contributed by atoms with Gasteiger partial charge in [0.15, 0.2) is 0 Å². The summed E-state index contributed by atoms with van der Waals surface area (Å²) in [6.45, 7) is 7.15. The van der Waals surface area contributed by atoms with E-state index in [-0.39, 0.29) is 5.56 Å². The first-order chi connectivity index (χ1) is 10.5. The number of hydrogen-bond acceptors (Lipinski definition) is 2. The van der Waals surface area contributed by atoms with Crippen LogP contribution in [-0.4, -0.2) is 24.5 Å². The lowest BCUT2D eigenvalue weighted by Gasteiger charge is -2.32. The van der Waals surface area contributed by atoms with E-state index in [0.717, 1.165) is 0 Å². The molecule has 1 aliphatic heterocycles. The van der Waals surface area contributed by atoms with Crippen LogP contribution < -0.4 is 0 Å². The number of halogens is 4. The molecule has 0 bridgehead atoms. The zero-order valence-corrected chi connectivity index (χ0v) is 13.4. The Hall–Kier alpha value is -1.08. The van der Waals surface area contributed by atoms with Crippen LogP contribution in [0.2, 0.25) is 5.82 Å². The van der Waals surface area contributed by atoms with E-state index < -0.39 is 48.0 Å². The average Bonchev–Trinajstić information content (AvgIpc) is 3.08. The maximum Gasteiger partial charge on any atom is 0.462 e. The molecule has 1 aliphatic carbocycles. The fraction of sp³-hybridized carbons (Fsp3) is 0.625. The van der Waals surface area contributed by atoms with Crippen molar-refractivity contribution in [3.05, 3.63) is 35.6 Å². The van der Waals surface area contributed by atoms with Crippen molar-refractivity contribution in [1.82, 2.24) is 0 Å². The molecule has 0 N–H and O–H groups in total. The summed E-state index contributed by atoms with van der Waals surface area (Å²) in [5.41, 5.74) is -1.35. The Kier molecular flexibility index (Phi) is 3.62. The van der Waals surface area contributed by atoms with E-state index in [0.29, 0.717) is 0 Å². The topological polar surface area (TPSA) is 18.5 Å². The third-order valence-electron chi connectivity index (χ3n) is 5.30. The SMILES string of the molecule is CC1(C)OB([C@H]2[C@H](c3ccccc3F)[C@@H]2C(F)(F)F)OC1(C)C. The van der Waals surface area contributed by atoms with Gasteiger partial charge in [-0.05, 0) is 45.2 Å². The molecule has 2 fully saturated rings. The smallest absolute Gasteiger partial charge is 0.403 e. The Morgan fingerprint density at radius 1 is 1.00 bits per heavy atom. The molecule has 2 nitrogen and oxygen atoms in total. The van der Waals surface area contributed by atoms with E-state index in [9.17, 15) is 17.6 Å². The van der Waals surface area contributed by atoms with Crippen LogP contribution in [0.3, 0.4) is 0 Å². The summed E-state index contributed by atoms with van der Waals surface area (Å²) in [4.78, 5) is 0. The third kappa shape index (κ3) is 2.68. The maximum atomic E-state index is 14.0. The van der Waals surface area contributed by atoms with Crippen LogP contribution in [0.25, 0.3) is 0 Å². The predicted molar refractivity (Wildman–Crippen MR) is 78.5 cm³/mol. The second kappa shape index (κ2) is 4.96. The Morgan fingerprint density at radius 2 is 1.52 bits per heavy atom. The molecule has 126 valence electrons. The van der Waals surface area contributed by atoms with Gasteiger partial charge in [-0.2, -0.15) is 13.2 Å². The molecule has 1 saturated heterocycles. The summed E-state index contributed by atoms with van der Waals surface area (Å²) in [5.74, 6) is -4.15. The van der Waals surface area contributed by atoms with Gasteiger partial charge in [0.05, 0.1) is 17.1 Å². The van der Waals surface area contributed by atoms with Crippen LogP contribution in [0, 0.1) is 11.7 Å². The summed E-state index contributed by atoms with van der Waals surface area (Å²) in [6.07, 6.45) is -4.42. The molecule has 2 aliphatic rings. The van der Waals surface area contributed by atoms with Gasteiger partial charge in [-0.25, -0.2) is 4.39 Å². The minimum atomic E-state index is -4.42. The van der Waals surface area contributed by atoms with Gasteiger partial charge < -0.3 is 9.31 Å². The highest BCUT2D eigenvalue weighted by molar-refractivity contribution is 6.49. The Morgan fingerprint density at radius 3 is 2.00 bits per heavy atom. The normalized spacial score (nSPS) is 32.2. The van der Waals surface area contributed by atoms with E-state index in [1.54, 1.807) is 33.8 Å². The Labute approximate surface area is 133 Å². The Bertz CT molecular complexity index is 598. The van der Waals surface area contributed by atoms with Crippen LogP contribution in [0.4, 0.5) is 17.6 Å². The molecule has 0 spiro atoms. The summed E-state index contributed by atoms with van der Waals surface area (Å²) >= 11 is 0. The van der Waals surface area contributed by atoms with Crippen LogP contribution in [0.5, 0.6) is 0 Å². The molecular weight excluding hydrogens is 311 g/mol. The predicted octanol–water partition coefficient (Wildman–Crippen LogP) is 4.56. The van der Waals surface area contributed by atoms with Gasteiger partial charge in [0.25, 0.3) is 0 Å². The zero-order chi connectivity index (χ0) is 17.2. The maximum absolute atomic E-state index is 14.0. The average molecular weight is 330 g/mol. The van der Waals surface area contributed by atoms with Crippen molar-refractivity contribution in [2.75, 3.05) is 0 Å². The molecule has 3 atom stereocenters. The number of rotatable bonds is 2. The van der Waals surface area contributed by atoms with Crippen LogP contribution in [0.1, 0.15) is 39.2 Å². The first-order valence-corrected chi connectivity index (χ1v) is 7.62. The molecule has 1 aromatic carbocycles. The van der Waals surface area contributed by atoms with Crippen molar-refractivity contribution in [3.63, 3.8) is 0 Å². The molecule has 1 heterocycles. The van der Waals surface area contributed by atoms with E-state index in [1.165, 1.54) is 18.2 Å². The Balaban J connectivity index is 1.91. The molecule has 1 aromatic rings. The highest BCUT2D eigenvalue weighted by atomic mass is 19.4. The summed E-state index contributed by atoms with van der Waals surface area (Å²) in [5, 5.41) is 0. The van der Waals surface area contributed by atoms with Gasteiger partial charge >= 0.3 is 13.3 Å². The molecule has 23 heavy (non-hydrogen) atoms. The van der Waals surface area contributed by atoms with Gasteiger partial charge in [-0.1, -0.05) is 18.2 Å². The van der Waals surface area contributed by atoms with Gasteiger partial charge in [0, 0.05) is 5.82 Å². The molecule has 0 unspecified atom stereocenters. The number of alkyl halides is 3. The van der Waals surface area contributed by atoms with E-state index in [4.69, 9.17) is 9.31 Å². The first kappa shape index (κ1) is 16.8. The summed E-state index contributed by atoms with van der Waals surface area (Å²) in [7, 11) is -0.990. The van der Waals surface area contributed by atoms with Crippen molar-refractivity contribution >= 4 is 7.12 Å². The third-order valence-corrected chi connectivity index (χ3v) is 5.30. The first-order valence-electron chi connectivity index (χ1n) is 7.62. The second-order valence-electron chi connectivity index (χ2n) is 7.32. The number of benzene rings is 1. The molecule has 3 rings (SSSR count). The molecule has 7 heteroatoms. The number of hydrogen-bond donors (Lipinski definition) is 0. The standard InChI is InChI=1S/C16H19BF4O2/c1-14(2)15(3,4)23-17(22-14)13-11(12(13)16(19,20)21)9-7-5-6-8-10(9)18/h5-8,11-13H,1-4H3/t11-,12+,13+/m1/s1. The van der Waals surface area contributed by atoms with Gasteiger partial charge in [-0.3, -0.25) is 0 Å². The molecule has 0 amide bonds. The quantitative estimate of drug-likeness (QED) is 0.584. The molecule has 0 aromatic heterocycles. The van der Waals surface area contributed by atoms with Crippen LogP contribution in [-0.2, 0) is 9.31 Å². The largest absolute Gasteiger partial charge is 0.462 e. The fourth-order valence-corrected chi connectivity index (χ4v) is 3.29.